The largest absolute Gasteiger partial charge is 0.461 e. The Balaban J connectivity index is 2.78. The molecule has 0 aromatic carbocycles. The summed E-state index contributed by atoms with van der Waals surface area (Å²) in [6, 6.07) is -0.407. The Morgan fingerprint density at radius 1 is 1.50 bits per heavy atom. The molecule has 0 aliphatic heterocycles. The third-order valence-corrected chi connectivity index (χ3v) is 3.15. The van der Waals surface area contributed by atoms with Crippen LogP contribution in [0.15, 0.2) is 0 Å². The molecule has 0 saturated heterocycles. The molecule has 7 heteroatoms. The third kappa shape index (κ3) is 3.43. The van der Waals surface area contributed by atoms with Gasteiger partial charge in [-0.3, -0.25) is 4.79 Å². The molecular formula is C11H17N3O3S. The van der Waals surface area contributed by atoms with Gasteiger partial charge in [-0.25, -0.2) is 9.78 Å². The molecule has 1 unspecified atom stereocenters. The molecule has 0 spiro atoms. The number of nitrogens with zero attached hydrogens (tertiary/aromatic N) is 1. The summed E-state index contributed by atoms with van der Waals surface area (Å²) in [5.41, 5.74) is 0.299. The van der Waals surface area contributed by atoms with Crippen molar-refractivity contribution in [3.63, 3.8) is 0 Å². The van der Waals surface area contributed by atoms with Crippen LogP contribution in [0.5, 0.6) is 0 Å². The predicted octanol–water partition coefficient (Wildman–Crippen LogP) is 1.17. The summed E-state index contributed by atoms with van der Waals surface area (Å²) in [5, 5.41) is 6.01. The van der Waals surface area contributed by atoms with Gasteiger partial charge in [0.05, 0.1) is 6.61 Å². The van der Waals surface area contributed by atoms with E-state index in [2.05, 4.69) is 15.6 Å². The average molecular weight is 271 g/mol. The minimum atomic E-state index is -0.438. The van der Waals surface area contributed by atoms with Crippen LogP contribution in [-0.4, -0.2) is 36.6 Å². The Labute approximate surface area is 110 Å². The van der Waals surface area contributed by atoms with Crippen molar-refractivity contribution >= 4 is 28.3 Å². The Morgan fingerprint density at radius 2 is 2.17 bits per heavy atom. The number of hydrogen-bond acceptors (Lipinski definition) is 6. The van der Waals surface area contributed by atoms with Crippen molar-refractivity contribution < 1.29 is 14.3 Å². The van der Waals surface area contributed by atoms with Crippen LogP contribution in [0.25, 0.3) is 0 Å². The summed E-state index contributed by atoms with van der Waals surface area (Å²) in [5.74, 6) is -0.576. The maximum atomic E-state index is 11.6. The fourth-order valence-corrected chi connectivity index (χ4v) is 2.20. The van der Waals surface area contributed by atoms with Gasteiger partial charge in [-0.15, -0.1) is 11.3 Å². The summed E-state index contributed by atoms with van der Waals surface area (Å²) in [6.45, 7) is 5.57. The van der Waals surface area contributed by atoms with Crippen LogP contribution in [0.1, 0.15) is 29.2 Å². The van der Waals surface area contributed by atoms with Crippen molar-refractivity contribution in [3.05, 3.63) is 10.6 Å². The second-order valence-corrected chi connectivity index (χ2v) is 4.83. The molecule has 0 radical (unpaired) electrons. The van der Waals surface area contributed by atoms with Gasteiger partial charge < -0.3 is 15.4 Å². The van der Waals surface area contributed by atoms with Crippen LogP contribution in [0.4, 0.5) is 5.13 Å². The van der Waals surface area contributed by atoms with Gasteiger partial charge in [0.2, 0.25) is 5.91 Å². The summed E-state index contributed by atoms with van der Waals surface area (Å²) < 4.78 is 4.89. The van der Waals surface area contributed by atoms with Gasteiger partial charge in [-0.2, -0.15) is 0 Å². The van der Waals surface area contributed by atoms with E-state index in [4.69, 9.17) is 4.74 Å². The van der Waals surface area contributed by atoms with E-state index in [1.54, 1.807) is 27.8 Å². The van der Waals surface area contributed by atoms with E-state index in [-0.39, 0.29) is 5.91 Å². The fourth-order valence-electron chi connectivity index (χ4n) is 1.31. The maximum absolute atomic E-state index is 11.6. The van der Waals surface area contributed by atoms with Gasteiger partial charge in [-0.05, 0) is 20.8 Å². The molecule has 1 amide bonds. The van der Waals surface area contributed by atoms with Crippen LogP contribution in [-0.2, 0) is 9.53 Å². The Bertz CT molecular complexity index is 445. The Hall–Kier alpha value is -1.63. The smallest absolute Gasteiger partial charge is 0.358 e. The van der Waals surface area contributed by atoms with E-state index in [1.807, 2.05) is 0 Å². The molecule has 2 N–H and O–H groups in total. The first-order valence-electron chi connectivity index (χ1n) is 5.62. The van der Waals surface area contributed by atoms with Crippen molar-refractivity contribution in [2.75, 3.05) is 19.0 Å². The Kier molecular flexibility index (Phi) is 5.08. The van der Waals surface area contributed by atoms with E-state index >= 15 is 0 Å². The summed E-state index contributed by atoms with van der Waals surface area (Å²) in [7, 11) is 1.57. The highest BCUT2D eigenvalue weighted by atomic mass is 32.1. The molecule has 100 valence electrons. The molecule has 6 nitrogen and oxygen atoms in total. The number of nitrogens with one attached hydrogen (secondary N) is 2. The first-order valence-corrected chi connectivity index (χ1v) is 6.43. The minimum Gasteiger partial charge on any atom is -0.461 e. The number of carbonyl (C=O) groups is 2. The number of likely N-dealkylation sites (N-methyl/N-ethyl adjacent to an activating group) is 1. The lowest BCUT2D eigenvalue weighted by Crippen LogP contribution is -2.35. The number of thiazole rings is 1. The van der Waals surface area contributed by atoms with Crippen LogP contribution in [0, 0.1) is 6.92 Å². The molecule has 18 heavy (non-hydrogen) atoms. The van der Waals surface area contributed by atoms with Crippen LogP contribution < -0.4 is 10.6 Å². The van der Waals surface area contributed by atoms with Gasteiger partial charge in [-0.1, -0.05) is 0 Å². The van der Waals surface area contributed by atoms with Crippen molar-refractivity contribution in [2.45, 2.75) is 26.8 Å². The second-order valence-electron chi connectivity index (χ2n) is 3.62. The van der Waals surface area contributed by atoms with Gasteiger partial charge in [0, 0.05) is 11.9 Å². The van der Waals surface area contributed by atoms with Gasteiger partial charge >= 0.3 is 5.97 Å². The van der Waals surface area contributed by atoms with E-state index in [0.717, 1.165) is 4.88 Å². The summed E-state index contributed by atoms with van der Waals surface area (Å²) >= 11 is 1.32. The second kappa shape index (κ2) is 6.34. The topological polar surface area (TPSA) is 80.3 Å². The monoisotopic (exact) mass is 271 g/mol. The zero-order chi connectivity index (χ0) is 13.7. The Morgan fingerprint density at radius 3 is 2.72 bits per heavy atom. The standard InChI is InChI=1S/C11H17N3O3S/c1-5-17-10(16)8-7(3)18-11(14-8)13-6(2)9(15)12-4/h6H,5H2,1-4H3,(H,12,15)(H,13,14). The molecule has 1 rings (SSSR count). The van der Waals surface area contributed by atoms with Crippen molar-refractivity contribution in [1.29, 1.82) is 0 Å². The number of ether oxygens (including phenoxy) is 1. The predicted molar refractivity (Wildman–Crippen MR) is 70.0 cm³/mol. The van der Waals surface area contributed by atoms with Gasteiger partial charge in [0.25, 0.3) is 0 Å². The van der Waals surface area contributed by atoms with Crippen molar-refractivity contribution in [3.8, 4) is 0 Å². The highest BCUT2D eigenvalue weighted by molar-refractivity contribution is 7.15. The number of hydrogen-bond donors (Lipinski definition) is 2. The average Bonchev–Trinajstić information content (AvgIpc) is 2.69. The fraction of sp³-hybridized carbons (Fsp3) is 0.545. The SMILES string of the molecule is CCOC(=O)c1nc(NC(C)C(=O)NC)sc1C. The third-order valence-electron chi connectivity index (χ3n) is 2.25. The maximum Gasteiger partial charge on any atom is 0.358 e. The number of esters is 1. The molecule has 0 aliphatic rings. The number of anilines is 1. The van der Waals surface area contributed by atoms with E-state index in [0.29, 0.717) is 17.4 Å². The lowest BCUT2D eigenvalue weighted by molar-refractivity contribution is -0.121. The molecule has 0 bridgehead atoms. The number of aryl methyl sites for hydroxylation is 1. The zero-order valence-corrected chi connectivity index (χ0v) is 11.7. The van der Waals surface area contributed by atoms with Crippen LogP contribution in [0.3, 0.4) is 0 Å². The molecule has 1 atom stereocenters. The molecule has 0 fully saturated rings. The number of amides is 1. The molecular weight excluding hydrogens is 254 g/mol. The quantitative estimate of drug-likeness (QED) is 0.786. The lowest BCUT2D eigenvalue weighted by Gasteiger charge is -2.10. The van der Waals surface area contributed by atoms with Gasteiger partial charge in [0.15, 0.2) is 10.8 Å². The molecule has 1 aromatic heterocycles. The normalized spacial score (nSPS) is 11.8. The van der Waals surface area contributed by atoms with Crippen molar-refractivity contribution in [2.24, 2.45) is 0 Å². The lowest BCUT2D eigenvalue weighted by atomic mass is 10.3. The number of carbonyl (C=O) groups excluding carboxylic acids is 2. The first kappa shape index (κ1) is 14.4. The molecule has 0 saturated carbocycles. The van der Waals surface area contributed by atoms with Gasteiger partial charge in [0.1, 0.15) is 6.04 Å². The van der Waals surface area contributed by atoms with E-state index < -0.39 is 12.0 Å². The first-order chi connectivity index (χ1) is 8.49. The van der Waals surface area contributed by atoms with E-state index in [9.17, 15) is 9.59 Å². The number of rotatable bonds is 5. The van der Waals surface area contributed by atoms with Crippen LogP contribution in [0.2, 0.25) is 0 Å². The molecule has 0 aliphatic carbocycles. The number of aromatic nitrogens is 1. The summed E-state index contributed by atoms with van der Waals surface area (Å²) in [4.78, 5) is 27.8. The van der Waals surface area contributed by atoms with Crippen molar-refractivity contribution in [1.82, 2.24) is 10.3 Å². The minimum absolute atomic E-state index is 0.138. The highest BCUT2D eigenvalue weighted by Gasteiger charge is 2.18. The van der Waals surface area contributed by atoms with E-state index in [1.165, 1.54) is 11.3 Å². The van der Waals surface area contributed by atoms with Crippen LogP contribution >= 0.6 is 11.3 Å². The molecule has 1 aromatic rings. The highest BCUT2D eigenvalue weighted by Crippen LogP contribution is 2.23. The molecule has 1 heterocycles. The summed E-state index contributed by atoms with van der Waals surface area (Å²) in [6.07, 6.45) is 0. The zero-order valence-electron chi connectivity index (χ0n) is 10.9.